The van der Waals surface area contributed by atoms with Gasteiger partial charge in [0.15, 0.2) is 0 Å². The van der Waals surface area contributed by atoms with Crippen molar-refractivity contribution in [3.05, 3.63) is 59.7 Å². The van der Waals surface area contributed by atoms with Crippen LogP contribution in [0.2, 0.25) is 0 Å². The van der Waals surface area contributed by atoms with E-state index in [9.17, 15) is 9.59 Å². The third-order valence-electron chi connectivity index (χ3n) is 4.72. The summed E-state index contributed by atoms with van der Waals surface area (Å²) in [5.41, 5.74) is 1.82. The summed E-state index contributed by atoms with van der Waals surface area (Å²) < 4.78 is 5.74. The normalized spacial score (nSPS) is 10.7. The minimum absolute atomic E-state index is 0.0304. The van der Waals surface area contributed by atoms with Gasteiger partial charge in [-0.1, -0.05) is 33.8 Å². The molecule has 2 rings (SSSR count). The van der Waals surface area contributed by atoms with E-state index in [1.54, 1.807) is 36.4 Å². The van der Waals surface area contributed by atoms with Crippen molar-refractivity contribution < 1.29 is 14.3 Å². The molecule has 5 heteroatoms. The molecule has 0 radical (unpaired) electrons. The highest BCUT2D eigenvalue weighted by Crippen LogP contribution is 2.17. The third kappa shape index (κ3) is 7.21. The van der Waals surface area contributed by atoms with Crippen molar-refractivity contribution in [2.45, 2.75) is 47.0 Å². The lowest BCUT2D eigenvalue weighted by Crippen LogP contribution is -2.32. The zero-order chi connectivity index (χ0) is 21.9. The van der Waals surface area contributed by atoms with Gasteiger partial charge in [0, 0.05) is 29.9 Å². The van der Waals surface area contributed by atoms with Gasteiger partial charge in [-0.25, -0.2) is 0 Å². The van der Waals surface area contributed by atoms with Gasteiger partial charge in [0.05, 0.1) is 6.61 Å². The molecule has 0 aliphatic rings. The fourth-order valence-electron chi connectivity index (χ4n) is 3.08. The molecule has 0 saturated carbocycles. The molecule has 0 fully saturated rings. The number of ether oxygens (including phenoxy) is 1. The molecule has 0 bridgehead atoms. The maximum absolute atomic E-state index is 12.7. The van der Waals surface area contributed by atoms with Crippen LogP contribution < -0.4 is 10.1 Å². The minimum atomic E-state index is -0.207. The van der Waals surface area contributed by atoms with Crippen LogP contribution in [0, 0.1) is 5.92 Å². The maximum Gasteiger partial charge on any atom is 0.255 e. The zero-order valence-corrected chi connectivity index (χ0v) is 18.6. The molecule has 0 aliphatic heterocycles. The molecular formula is C25H34N2O3. The third-order valence-corrected chi connectivity index (χ3v) is 4.72. The molecule has 0 atom stereocenters. The highest BCUT2D eigenvalue weighted by Gasteiger charge is 2.14. The summed E-state index contributed by atoms with van der Waals surface area (Å²) in [7, 11) is 0. The first-order valence-electron chi connectivity index (χ1n) is 10.9. The Hall–Kier alpha value is -2.82. The van der Waals surface area contributed by atoms with Crippen molar-refractivity contribution in [3.8, 4) is 5.75 Å². The van der Waals surface area contributed by atoms with E-state index in [0.29, 0.717) is 35.1 Å². The lowest BCUT2D eigenvalue weighted by atomic mass is 10.1. The zero-order valence-electron chi connectivity index (χ0n) is 18.6. The highest BCUT2D eigenvalue weighted by atomic mass is 16.5. The van der Waals surface area contributed by atoms with Crippen LogP contribution >= 0.6 is 0 Å². The first-order valence-corrected chi connectivity index (χ1v) is 10.9. The fourth-order valence-corrected chi connectivity index (χ4v) is 3.08. The monoisotopic (exact) mass is 410 g/mol. The van der Waals surface area contributed by atoms with E-state index in [1.165, 1.54) is 0 Å². The van der Waals surface area contributed by atoms with Crippen LogP contribution in [0.25, 0.3) is 0 Å². The second-order valence-electron chi connectivity index (χ2n) is 7.88. The van der Waals surface area contributed by atoms with Gasteiger partial charge in [0.25, 0.3) is 11.8 Å². The summed E-state index contributed by atoms with van der Waals surface area (Å²) in [5, 5.41) is 2.89. The molecule has 162 valence electrons. The summed E-state index contributed by atoms with van der Waals surface area (Å²) >= 11 is 0. The average molecular weight is 411 g/mol. The van der Waals surface area contributed by atoms with Crippen molar-refractivity contribution in [2.75, 3.05) is 25.0 Å². The van der Waals surface area contributed by atoms with Crippen molar-refractivity contribution >= 4 is 17.5 Å². The lowest BCUT2D eigenvalue weighted by molar-refractivity contribution is 0.0755. The number of hydrogen-bond acceptors (Lipinski definition) is 3. The van der Waals surface area contributed by atoms with Crippen LogP contribution in [0.3, 0.4) is 0 Å². The van der Waals surface area contributed by atoms with Crippen LogP contribution in [0.4, 0.5) is 5.69 Å². The van der Waals surface area contributed by atoms with Gasteiger partial charge in [-0.3, -0.25) is 9.59 Å². The Morgan fingerprint density at radius 1 is 0.967 bits per heavy atom. The second-order valence-corrected chi connectivity index (χ2v) is 7.88. The number of nitrogens with zero attached hydrogens (tertiary/aromatic N) is 1. The minimum Gasteiger partial charge on any atom is -0.494 e. The number of nitrogens with one attached hydrogen (secondary N) is 1. The molecule has 0 spiro atoms. The van der Waals surface area contributed by atoms with Gasteiger partial charge in [-0.05, 0) is 67.6 Å². The average Bonchev–Trinajstić information content (AvgIpc) is 2.73. The molecule has 0 aliphatic carbocycles. The Morgan fingerprint density at radius 2 is 1.63 bits per heavy atom. The molecule has 2 aromatic carbocycles. The molecule has 0 unspecified atom stereocenters. The van der Waals surface area contributed by atoms with Crippen LogP contribution in [0.1, 0.15) is 67.7 Å². The molecule has 0 aromatic heterocycles. The Balaban J connectivity index is 1.99. The molecule has 2 aromatic rings. The fraction of sp³-hybridized carbons (Fsp3) is 0.440. The topological polar surface area (TPSA) is 58.6 Å². The number of amides is 2. The number of carbonyl (C=O) groups excluding carboxylic acids is 2. The molecule has 5 nitrogen and oxygen atoms in total. The summed E-state index contributed by atoms with van der Waals surface area (Å²) in [4.78, 5) is 27.1. The van der Waals surface area contributed by atoms with Crippen molar-refractivity contribution in [3.63, 3.8) is 0 Å². The van der Waals surface area contributed by atoms with Gasteiger partial charge in [-0.15, -0.1) is 0 Å². The second kappa shape index (κ2) is 12.0. The Labute approximate surface area is 180 Å². The van der Waals surface area contributed by atoms with Gasteiger partial charge in [0.1, 0.15) is 5.75 Å². The van der Waals surface area contributed by atoms with E-state index in [-0.39, 0.29) is 11.8 Å². The number of benzene rings is 2. The van der Waals surface area contributed by atoms with Crippen LogP contribution in [-0.4, -0.2) is 36.4 Å². The number of carbonyl (C=O) groups is 2. The Bertz CT molecular complexity index is 809. The van der Waals surface area contributed by atoms with Gasteiger partial charge in [0.2, 0.25) is 0 Å². The smallest absolute Gasteiger partial charge is 0.255 e. The number of rotatable bonds is 11. The van der Waals surface area contributed by atoms with Crippen LogP contribution in [-0.2, 0) is 0 Å². The van der Waals surface area contributed by atoms with Crippen molar-refractivity contribution in [1.82, 2.24) is 4.90 Å². The standard InChI is InChI=1S/C25H34N2O3/c1-5-15-27(16-6-2)25(29)20-10-12-22(13-11-20)26-24(28)21-8-7-9-23(18-21)30-17-14-19(3)4/h7-13,18-19H,5-6,14-17H2,1-4H3,(H,26,28). The first kappa shape index (κ1) is 23.5. The van der Waals surface area contributed by atoms with Crippen LogP contribution in [0.15, 0.2) is 48.5 Å². The summed E-state index contributed by atoms with van der Waals surface area (Å²) in [6, 6.07) is 14.3. The number of hydrogen-bond donors (Lipinski definition) is 1. The molecule has 1 N–H and O–H groups in total. The molecule has 30 heavy (non-hydrogen) atoms. The summed E-state index contributed by atoms with van der Waals surface area (Å²) in [5.74, 6) is 1.09. The summed E-state index contributed by atoms with van der Waals surface area (Å²) in [6.45, 7) is 10.6. The predicted octanol–water partition coefficient (Wildman–Crippen LogP) is 5.63. The largest absolute Gasteiger partial charge is 0.494 e. The highest BCUT2D eigenvalue weighted by molar-refractivity contribution is 6.04. The Morgan fingerprint density at radius 3 is 2.23 bits per heavy atom. The quantitative estimate of drug-likeness (QED) is 0.522. The number of anilines is 1. The molecule has 2 amide bonds. The summed E-state index contributed by atoms with van der Waals surface area (Å²) in [6.07, 6.45) is 2.83. The SMILES string of the molecule is CCCN(CCC)C(=O)c1ccc(NC(=O)c2cccc(OCCC(C)C)c2)cc1. The van der Waals surface area contributed by atoms with E-state index in [1.807, 2.05) is 17.0 Å². The predicted molar refractivity (Wildman–Crippen MR) is 122 cm³/mol. The van der Waals surface area contributed by atoms with Gasteiger partial charge < -0.3 is 15.0 Å². The lowest BCUT2D eigenvalue weighted by Gasteiger charge is -2.21. The van der Waals surface area contributed by atoms with E-state index in [4.69, 9.17) is 4.74 Å². The molecule has 0 heterocycles. The van der Waals surface area contributed by atoms with Gasteiger partial charge >= 0.3 is 0 Å². The van der Waals surface area contributed by atoms with Crippen molar-refractivity contribution in [2.24, 2.45) is 5.92 Å². The molecular weight excluding hydrogens is 376 g/mol. The van der Waals surface area contributed by atoms with E-state index < -0.39 is 0 Å². The van der Waals surface area contributed by atoms with Crippen molar-refractivity contribution in [1.29, 1.82) is 0 Å². The maximum atomic E-state index is 12.7. The van der Waals surface area contributed by atoms with E-state index >= 15 is 0 Å². The van der Waals surface area contributed by atoms with Crippen LogP contribution in [0.5, 0.6) is 5.75 Å². The van der Waals surface area contributed by atoms with Gasteiger partial charge in [-0.2, -0.15) is 0 Å². The van der Waals surface area contributed by atoms with E-state index in [2.05, 4.69) is 33.0 Å². The van der Waals surface area contributed by atoms with E-state index in [0.717, 1.165) is 32.4 Å². The Kier molecular flexibility index (Phi) is 9.39. The first-order chi connectivity index (χ1) is 14.4. The molecule has 0 saturated heterocycles.